The van der Waals surface area contributed by atoms with Gasteiger partial charge in [0.05, 0.1) is 16.5 Å². The molecule has 0 heterocycles. The summed E-state index contributed by atoms with van der Waals surface area (Å²) in [6.07, 6.45) is 0. The number of hydrogen-bond donors (Lipinski definition) is 0. The number of nitrogens with zero attached hydrogens (tertiary/aromatic N) is 1. The van der Waals surface area contributed by atoms with Crippen molar-refractivity contribution in [1.29, 1.82) is 0 Å². The second-order valence-electron chi connectivity index (χ2n) is 17.1. The van der Waals surface area contributed by atoms with Crippen LogP contribution < -0.4 is 4.90 Å². The van der Waals surface area contributed by atoms with Crippen LogP contribution in [0.15, 0.2) is 249 Å². The summed E-state index contributed by atoms with van der Waals surface area (Å²) in [5.74, 6) is 0. The van der Waals surface area contributed by atoms with E-state index in [-0.39, 0.29) is 0 Å². The Morgan fingerprint density at radius 3 is 1.17 bits per heavy atom. The van der Waals surface area contributed by atoms with Gasteiger partial charge in [-0.15, -0.1) is 0 Å². The van der Waals surface area contributed by atoms with Crippen LogP contribution in [0.25, 0.3) is 44.5 Å². The van der Waals surface area contributed by atoms with E-state index in [0.29, 0.717) is 0 Å². The Morgan fingerprint density at radius 1 is 0.222 bits per heavy atom. The molecule has 0 aromatic heterocycles. The molecule has 63 heavy (non-hydrogen) atoms. The summed E-state index contributed by atoms with van der Waals surface area (Å²) in [5.41, 5.74) is 23.0. The van der Waals surface area contributed by atoms with Crippen LogP contribution in [0.4, 0.5) is 17.1 Å². The molecule has 13 rings (SSSR count). The van der Waals surface area contributed by atoms with E-state index < -0.39 is 10.8 Å². The largest absolute Gasteiger partial charge is 0.310 e. The van der Waals surface area contributed by atoms with Crippen LogP contribution in [0.3, 0.4) is 0 Å². The predicted molar refractivity (Wildman–Crippen MR) is 260 cm³/mol. The highest BCUT2D eigenvalue weighted by Crippen LogP contribution is 2.67. The minimum absolute atomic E-state index is 0.463. The second-order valence-corrected chi connectivity index (χ2v) is 17.1. The molecule has 294 valence electrons. The number of para-hydroxylation sites is 2. The topological polar surface area (TPSA) is 3.24 Å². The Balaban J connectivity index is 1.06. The lowest BCUT2D eigenvalue weighted by molar-refractivity contribution is 0.633. The normalized spacial score (nSPS) is 14.0. The van der Waals surface area contributed by atoms with Crippen molar-refractivity contribution in [1.82, 2.24) is 0 Å². The molecule has 1 nitrogen and oxygen atoms in total. The maximum Gasteiger partial charge on any atom is 0.0720 e. The summed E-state index contributed by atoms with van der Waals surface area (Å²) in [4.78, 5) is 2.45. The van der Waals surface area contributed by atoms with E-state index in [1.54, 1.807) is 0 Å². The van der Waals surface area contributed by atoms with Gasteiger partial charge in [-0.2, -0.15) is 0 Å². The SMILES string of the molecule is c1ccc(-c2cccc(-c3ccccc3N(c3ccccc3)c3ccc4c(c3)-c3ccccc3C43c4ccccc4C4(c5ccccc5-c5ccccc54)c4ccccc43)c2)cc1. The highest BCUT2D eigenvalue weighted by molar-refractivity contribution is 5.96. The van der Waals surface area contributed by atoms with Gasteiger partial charge >= 0.3 is 0 Å². The molecule has 0 aliphatic heterocycles. The summed E-state index contributed by atoms with van der Waals surface area (Å²) in [5, 5.41) is 0. The maximum absolute atomic E-state index is 2.46. The quantitative estimate of drug-likeness (QED) is 0.168. The standard InChI is InChI=1S/C62H41N/c1-3-20-42(21-4-1)43-22-19-23-44(40-43)47-26-10-18-37-60(47)63(45-24-5-2-6-25-45)46-38-39-55-51(41-46)50-29-9-13-32-54(50)62(55)58-35-16-14-33-56(58)61(57-34-15-17-36-59(57)62)52-30-11-7-27-48(52)49-28-8-12-31-53(49)61/h1-41H. The van der Waals surface area contributed by atoms with Crippen molar-refractivity contribution < 1.29 is 0 Å². The first kappa shape index (κ1) is 35.7. The smallest absolute Gasteiger partial charge is 0.0720 e. The van der Waals surface area contributed by atoms with Gasteiger partial charge in [-0.05, 0) is 120 Å². The Kier molecular flexibility index (Phi) is 7.80. The van der Waals surface area contributed by atoms with E-state index in [4.69, 9.17) is 0 Å². The van der Waals surface area contributed by atoms with Gasteiger partial charge in [0, 0.05) is 16.9 Å². The molecule has 0 N–H and O–H groups in total. The van der Waals surface area contributed by atoms with Crippen LogP contribution in [0, 0.1) is 0 Å². The maximum atomic E-state index is 2.46. The molecule has 0 atom stereocenters. The zero-order chi connectivity index (χ0) is 41.5. The third-order valence-electron chi connectivity index (χ3n) is 14.1. The lowest BCUT2D eigenvalue weighted by Crippen LogP contribution is -2.43. The molecule has 0 bridgehead atoms. The molecule has 0 fully saturated rings. The number of rotatable bonds is 5. The van der Waals surface area contributed by atoms with E-state index >= 15 is 0 Å². The van der Waals surface area contributed by atoms with Gasteiger partial charge in [0.25, 0.3) is 0 Å². The summed E-state index contributed by atoms with van der Waals surface area (Å²) in [7, 11) is 0. The lowest BCUT2D eigenvalue weighted by Gasteiger charge is -2.48. The van der Waals surface area contributed by atoms with Crippen LogP contribution >= 0.6 is 0 Å². The van der Waals surface area contributed by atoms with Crippen molar-refractivity contribution >= 4 is 17.1 Å². The molecule has 3 aliphatic carbocycles. The Hall–Kier alpha value is -8.00. The Bertz CT molecular complexity index is 3320. The van der Waals surface area contributed by atoms with Crippen molar-refractivity contribution in [2.75, 3.05) is 4.90 Å². The van der Waals surface area contributed by atoms with E-state index in [2.05, 4.69) is 254 Å². The molecule has 10 aromatic rings. The first-order chi connectivity index (χ1) is 31.3. The zero-order valence-electron chi connectivity index (χ0n) is 34.6. The van der Waals surface area contributed by atoms with Gasteiger partial charge in [-0.3, -0.25) is 0 Å². The summed E-state index contributed by atoms with van der Waals surface area (Å²) in [6.45, 7) is 0. The average molecular weight is 800 g/mol. The van der Waals surface area contributed by atoms with Gasteiger partial charge in [0.2, 0.25) is 0 Å². The molecule has 1 heteroatoms. The molecular weight excluding hydrogens is 759 g/mol. The lowest BCUT2D eigenvalue weighted by atomic mass is 9.52. The molecule has 2 spiro atoms. The highest BCUT2D eigenvalue weighted by Gasteiger charge is 2.58. The fraction of sp³-hybridized carbons (Fsp3) is 0.0323. The van der Waals surface area contributed by atoms with Gasteiger partial charge in [0.15, 0.2) is 0 Å². The molecular formula is C62H41N. The molecule has 0 saturated carbocycles. The number of anilines is 3. The Labute approximate surface area is 368 Å². The fourth-order valence-electron chi connectivity index (χ4n) is 11.8. The van der Waals surface area contributed by atoms with Crippen molar-refractivity contribution in [2.45, 2.75) is 10.8 Å². The van der Waals surface area contributed by atoms with E-state index in [9.17, 15) is 0 Å². The van der Waals surface area contributed by atoms with Crippen molar-refractivity contribution in [3.05, 3.63) is 293 Å². The van der Waals surface area contributed by atoms with Crippen molar-refractivity contribution in [3.8, 4) is 44.5 Å². The summed E-state index contributed by atoms with van der Waals surface area (Å²) >= 11 is 0. The van der Waals surface area contributed by atoms with Crippen LogP contribution in [0.1, 0.15) is 44.5 Å². The minimum Gasteiger partial charge on any atom is -0.310 e. The summed E-state index contributed by atoms with van der Waals surface area (Å²) < 4.78 is 0. The van der Waals surface area contributed by atoms with Crippen LogP contribution in [-0.2, 0) is 10.8 Å². The fourth-order valence-corrected chi connectivity index (χ4v) is 11.8. The third-order valence-corrected chi connectivity index (χ3v) is 14.1. The highest BCUT2D eigenvalue weighted by atomic mass is 15.1. The van der Waals surface area contributed by atoms with Gasteiger partial charge in [0.1, 0.15) is 0 Å². The van der Waals surface area contributed by atoms with Crippen molar-refractivity contribution in [2.24, 2.45) is 0 Å². The van der Waals surface area contributed by atoms with Gasteiger partial charge in [-0.25, -0.2) is 0 Å². The van der Waals surface area contributed by atoms with Gasteiger partial charge < -0.3 is 4.90 Å². The summed E-state index contributed by atoms with van der Waals surface area (Å²) in [6, 6.07) is 92.7. The second kappa shape index (κ2) is 13.8. The first-order valence-corrected chi connectivity index (χ1v) is 22.0. The molecule has 0 unspecified atom stereocenters. The predicted octanol–water partition coefficient (Wildman–Crippen LogP) is 15.5. The number of fused-ring (bicyclic) bond motifs is 16. The average Bonchev–Trinajstić information content (AvgIpc) is 3.82. The molecule has 3 aliphatic rings. The molecule has 10 aromatic carbocycles. The Morgan fingerprint density at radius 2 is 0.619 bits per heavy atom. The molecule has 0 amide bonds. The monoisotopic (exact) mass is 799 g/mol. The van der Waals surface area contributed by atoms with Crippen LogP contribution in [0.5, 0.6) is 0 Å². The first-order valence-electron chi connectivity index (χ1n) is 22.0. The number of benzene rings is 10. The third kappa shape index (κ3) is 4.88. The molecule has 0 saturated heterocycles. The minimum atomic E-state index is -0.539. The molecule has 0 radical (unpaired) electrons. The van der Waals surface area contributed by atoms with Gasteiger partial charge in [-0.1, -0.05) is 212 Å². The van der Waals surface area contributed by atoms with Crippen molar-refractivity contribution in [3.63, 3.8) is 0 Å². The van der Waals surface area contributed by atoms with Crippen LogP contribution in [-0.4, -0.2) is 0 Å². The number of hydrogen-bond acceptors (Lipinski definition) is 1. The van der Waals surface area contributed by atoms with Crippen LogP contribution in [0.2, 0.25) is 0 Å². The zero-order valence-corrected chi connectivity index (χ0v) is 34.6. The van der Waals surface area contributed by atoms with E-state index in [1.165, 1.54) is 89.0 Å². The van der Waals surface area contributed by atoms with E-state index in [1.807, 2.05) is 0 Å². The van der Waals surface area contributed by atoms with E-state index in [0.717, 1.165) is 17.1 Å².